The number of aryl methyl sites for hydroxylation is 1. The number of hydrogen-bond acceptors (Lipinski definition) is 3. The zero-order chi connectivity index (χ0) is 20.1. The second kappa shape index (κ2) is 8.80. The molecular formula is C24H19BrN4. The Bertz CT molecular complexity index is 1180. The molecule has 3 aromatic carbocycles. The fourth-order valence-electron chi connectivity index (χ4n) is 2.80. The summed E-state index contributed by atoms with van der Waals surface area (Å²) in [6, 6.07) is 28.0. The van der Waals surface area contributed by atoms with Gasteiger partial charge in [0.1, 0.15) is 5.69 Å². The van der Waals surface area contributed by atoms with Crippen molar-refractivity contribution in [3.8, 4) is 0 Å². The van der Waals surface area contributed by atoms with Crippen LogP contribution >= 0.6 is 15.9 Å². The van der Waals surface area contributed by atoms with Crippen LogP contribution in [0.3, 0.4) is 0 Å². The Labute approximate surface area is 178 Å². The number of fused-ring (bicyclic) bond motifs is 1. The largest absolute Gasteiger partial charge is 0.260 e. The summed E-state index contributed by atoms with van der Waals surface area (Å²) in [5.74, 6) is 0.591. The summed E-state index contributed by atoms with van der Waals surface area (Å²) in [7, 11) is 0. The first-order valence-electron chi connectivity index (χ1n) is 9.23. The van der Waals surface area contributed by atoms with Crippen molar-refractivity contribution in [2.75, 3.05) is 0 Å². The van der Waals surface area contributed by atoms with Gasteiger partial charge in [-0.2, -0.15) is 5.10 Å². The Kier molecular flexibility index (Phi) is 5.77. The van der Waals surface area contributed by atoms with Crippen LogP contribution in [-0.4, -0.2) is 17.0 Å². The van der Waals surface area contributed by atoms with Crippen molar-refractivity contribution in [1.82, 2.24) is 10.4 Å². The Morgan fingerprint density at radius 3 is 2.45 bits per heavy atom. The van der Waals surface area contributed by atoms with E-state index in [-0.39, 0.29) is 0 Å². The molecule has 1 heterocycles. The van der Waals surface area contributed by atoms with Crippen molar-refractivity contribution in [1.29, 1.82) is 0 Å². The van der Waals surface area contributed by atoms with Gasteiger partial charge < -0.3 is 0 Å². The summed E-state index contributed by atoms with van der Waals surface area (Å²) in [6.07, 6.45) is 1.76. The Morgan fingerprint density at radius 2 is 1.66 bits per heavy atom. The maximum atomic E-state index is 4.75. The van der Waals surface area contributed by atoms with E-state index in [1.54, 1.807) is 6.21 Å². The van der Waals surface area contributed by atoms with Crippen LogP contribution in [0, 0.1) is 6.92 Å². The smallest absolute Gasteiger partial charge is 0.173 e. The van der Waals surface area contributed by atoms with Crippen molar-refractivity contribution < 1.29 is 0 Å². The number of hydrogen-bond donors (Lipinski definition) is 1. The number of hydrazone groups is 1. The van der Waals surface area contributed by atoms with Gasteiger partial charge in [0.15, 0.2) is 5.84 Å². The van der Waals surface area contributed by atoms with Gasteiger partial charge >= 0.3 is 0 Å². The number of aliphatic imine (C=N–C) groups is 1. The predicted molar refractivity (Wildman–Crippen MR) is 124 cm³/mol. The maximum absolute atomic E-state index is 4.75. The molecule has 4 nitrogen and oxygen atoms in total. The molecule has 0 aliphatic heterocycles. The van der Waals surface area contributed by atoms with Gasteiger partial charge in [-0.3, -0.25) is 5.43 Å². The third kappa shape index (κ3) is 4.95. The highest BCUT2D eigenvalue weighted by Crippen LogP contribution is 2.16. The van der Waals surface area contributed by atoms with Gasteiger partial charge in [0.2, 0.25) is 0 Å². The predicted octanol–water partition coefficient (Wildman–Crippen LogP) is 6.01. The van der Waals surface area contributed by atoms with Crippen molar-refractivity contribution in [3.05, 3.63) is 106 Å². The zero-order valence-corrected chi connectivity index (χ0v) is 17.5. The Balaban J connectivity index is 1.67. The minimum absolute atomic E-state index is 0.591. The number of nitrogens with zero attached hydrogens (tertiary/aromatic N) is 3. The topological polar surface area (TPSA) is 49.6 Å². The molecule has 0 aliphatic carbocycles. The number of nitrogens with one attached hydrogen (secondary N) is 1. The number of para-hydroxylation sites is 1. The quantitative estimate of drug-likeness (QED) is 0.239. The number of aromatic nitrogens is 1. The summed E-state index contributed by atoms with van der Waals surface area (Å²) >= 11 is 3.44. The lowest BCUT2D eigenvalue weighted by Crippen LogP contribution is -2.20. The summed E-state index contributed by atoms with van der Waals surface area (Å²) in [5, 5.41) is 5.47. The Morgan fingerprint density at radius 1 is 0.897 bits per heavy atom. The highest BCUT2D eigenvalue weighted by molar-refractivity contribution is 9.10. The lowest BCUT2D eigenvalue weighted by molar-refractivity contribution is 1.02. The number of amidine groups is 1. The molecule has 29 heavy (non-hydrogen) atoms. The lowest BCUT2D eigenvalue weighted by atomic mass is 10.2. The molecule has 5 heteroatoms. The molecule has 4 rings (SSSR count). The minimum Gasteiger partial charge on any atom is -0.260 e. The lowest BCUT2D eigenvalue weighted by Gasteiger charge is -2.07. The first-order chi connectivity index (χ1) is 14.2. The molecule has 0 saturated carbocycles. The summed E-state index contributed by atoms with van der Waals surface area (Å²) in [4.78, 5) is 9.50. The zero-order valence-electron chi connectivity index (χ0n) is 15.9. The monoisotopic (exact) mass is 442 g/mol. The molecule has 0 radical (unpaired) electrons. The summed E-state index contributed by atoms with van der Waals surface area (Å²) in [6.45, 7) is 2.06. The van der Waals surface area contributed by atoms with Gasteiger partial charge in [-0.25, -0.2) is 9.98 Å². The Hall–Kier alpha value is -3.31. The normalized spacial score (nSPS) is 11.9. The second-order valence-electron chi connectivity index (χ2n) is 6.61. The average molecular weight is 443 g/mol. The third-order valence-corrected chi connectivity index (χ3v) is 4.90. The van der Waals surface area contributed by atoms with Crippen molar-refractivity contribution in [3.63, 3.8) is 0 Å². The van der Waals surface area contributed by atoms with Crippen LogP contribution in [0.25, 0.3) is 10.9 Å². The third-order valence-electron chi connectivity index (χ3n) is 4.37. The molecule has 1 N–H and O–H groups in total. The van der Waals surface area contributed by atoms with Crippen LogP contribution in [0.1, 0.15) is 16.8 Å². The first kappa shape index (κ1) is 19.0. The fraction of sp³-hybridized carbons (Fsp3) is 0.0417. The molecule has 0 spiro atoms. The van der Waals surface area contributed by atoms with Crippen molar-refractivity contribution in [2.45, 2.75) is 6.92 Å². The first-order valence-corrected chi connectivity index (χ1v) is 10.0. The molecule has 0 atom stereocenters. The van der Waals surface area contributed by atoms with Gasteiger partial charge in [-0.05, 0) is 48.9 Å². The minimum atomic E-state index is 0.591. The van der Waals surface area contributed by atoms with Crippen LogP contribution in [-0.2, 0) is 0 Å². The summed E-state index contributed by atoms with van der Waals surface area (Å²) in [5.41, 5.74) is 7.74. The van der Waals surface area contributed by atoms with Gasteiger partial charge in [0.25, 0.3) is 0 Å². The standard InChI is InChI=1S/C24H19BrN4/c1-17-6-13-21(14-7-17)27-24(29-26-16-18-8-11-20(25)12-9-18)23-15-10-19-4-2-3-5-22(19)28-23/h2-16H,1H3,(H,27,29)/b26-16+. The van der Waals surface area contributed by atoms with Crippen LogP contribution < -0.4 is 5.43 Å². The van der Waals surface area contributed by atoms with E-state index >= 15 is 0 Å². The van der Waals surface area contributed by atoms with Gasteiger partial charge in [0, 0.05) is 9.86 Å². The molecule has 0 unspecified atom stereocenters. The van der Waals surface area contributed by atoms with E-state index in [1.165, 1.54) is 5.56 Å². The number of halogens is 1. The molecule has 0 amide bonds. The van der Waals surface area contributed by atoms with Gasteiger partial charge in [-0.1, -0.05) is 70.0 Å². The van der Waals surface area contributed by atoms with Gasteiger partial charge in [0.05, 0.1) is 17.4 Å². The maximum Gasteiger partial charge on any atom is 0.173 e. The van der Waals surface area contributed by atoms with E-state index in [1.807, 2.05) is 84.9 Å². The van der Waals surface area contributed by atoms with E-state index in [0.717, 1.165) is 32.3 Å². The number of rotatable bonds is 4. The van der Waals surface area contributed by atoms with Crippen LogP contribution in [0.4, 0.5) is 5.69 Å². The van der Waals surface area contributed by atoms with Gasteiger partial charge in [-0.15, -0.1) is 0 Å². The summed E-state index contributed by atoms with van der Waals surface area (Å²) < 4.78 is 1.03. The van der Waals surface area contributed by atoms with Crippen molar-refractivity contribution >= 4 is 44.6 Å². The molecule has 142 valence electrons. The van der Waals surface area contributed by atoms with E-state index in [0.29, 0.717) is 5.84 Å². The van der Waals surface area contributed by atoms with Crippen LogP contribution in [0.5, 0.6) is 0 Å². The molecule has 0 fully saturated rings. The second-order valence-corrected chi connectivity index (χ2v) is 7.52. The molecule has 0 aliphatic rings. The number of pyridine rings is 1. The van der Waals surface area contributed by atoms with E-state index < -0.39 is 0 Å². The van der Waals surface area contributed by atoms with E-state index in [9.17, 15) is 0 Å². The SMILES string of the molecule is Cc1ccc(N=C(N/N=C/c2ccc(Br)cc2)c2ccc3ccccc3n2)cc1. The van der Waals surface area contributed by atoms with Crippen LogP contribution in [0.15, 0.2) is 99.5 Å². The fourth-order valence-corrected chi connectivity index (χ4v) is 3.07. The van der Waals surface area contributed by atoms with Crippen LogP contribution in [0.2, 0.25) is 0 Å². The number of benzene rings is 3. The molecule has 0 bridgehead atoms. The molecular weight excluding hydrogens is 424 g/mol. The molecule has 4 aromatic rings. The highest BCUT2D eigenvalue weighted by Gasteiger charge is 2.06. The average Bonchev–Trinajstić information content (AvgIpc) is 2.75. The molecule has 0 saturated heterocycles. The highest BCUT2D eigenvalue weighted by atomic mass is 79.9. The van der Waals surface area contributed by atoms with E-state index in [2.05, 4.69) is 33.4 Å². The van der Waals surface area contributed by atoms with E-state index in [4.69, 9.17) is 9.98 Å². The van der Waals surface area contributed by atoms with Crippen molar-refractivity contribution in [2.24, 2.45) is 10.1 Å². The molecule has 1 aromatic heterocycles.